The highest BCUT2D eigenvalue weighted by Gasteiger charge is 2.26. The van der Waals surface area contributed by atoms with Gasteiger partial charge in [0.2, 0.25) is 0 Å². The van der Waals surface area contributed by atoms with Crippen LogP contribution in [0.15, 0.2) is 4.99 Å². The van der Waals surface area contributed by atoms with Gasteiger partial charge in [0.25, 0.3) is 0 Å². The van der Waals surface area contributed by atoms with E-state index in [1.165, 1.54) is 0 Å². The van der Waals surface area contributed by atoms with Crippen LogP contribution < -0.4 is 0 Å². The summed E-state index contributed by atoms with van der Waals surface area (Å²) in [5, 5.41) is 0. The Bertz CT molecular complexity index is 324. The molecule has 1 aliphatic rings. The molecule has 0 atom stereocenters. The van der Waals surface area contributed by atoms with Crippen molar-refractivity contribution < 1.29 is 17.9 Å². The zero-order valence-electron chi connectivity index (χ0n) is 13.3. The van der Waals surface area contributed by atoms with Gasteiger partial charge in [0, 0.05) is 12.8 Å². The third kappa shape index (κ3) is 9.75. The summed E-state index contributed by atoms with van der Waals surface area (Å²) in [4.78, 5) is 4.51. The molecule has 0 radical (unpaired) electrons. The smallest absolute Gasteiger partial charge is 0.389 e. The van der Waals surface area contributed by atoms with Gasteiger partial charge in [-0.15, -0.1) is 0 Å². The second-order valence-electron chi connectivity index (χ2n) is 6.55. The van der Waals surface area contributed by atoms with Crippen LogP contribution in [0.3, 0.4) is 0 Å². The first-order valence-corrected chi connectivity index (χ1v) is 8.07. The van der Waals surface area contributed by atoms with E-state index in [0.717, 1.165) is 50.8 Å². The van der Waals surface area contributed by atoms with E-state index in [1.54, 1.807) is 0 Å². The fraction of sp³-hybridized carbons (Fsp3) is 0.938. The van der Waals surface area contributed by atoms with Crippen molar-refractivity contribution >= 4 is 5.90 Å². The topological polar surface area (TPSA) is 21.6 Å². The lowest BCUT2D eigenvalue weighted by molar-refractivity contribution is -0.135. The Labute approximate surface area is 126 Å². The van der Waals surface area contributed by atoms with E-state index >= 15 is 0 Å². The van der Waals surface area contributed by atoms with Gasteiger partial charge in [0.05, 0.1) is 5.54 Å². The van der Waals surface area contributed by atoms with Crippen LogP contribution in [0.2, 0.25) is 0 Å². The minimum Gasteiger partial charge on any atom is -0.478 e. The molecule has 0 saturated carbocycles. The fourth-order valence-corrected chi connectivity index (χ4v) is 2.45. The molecule has 1 aliphatic heterocycles. The van der Waals surface area contributed by atoms with Crippen molar-refractivity contribution in [2.45, 2.75) is 89.8 Å². The molecule has 21 heavy (non-hydrogen) atoms. The van der Waals surface area contributed by atoms with Crippen LogP contribution in [0.4, 0.5) is 13.2 Å². The minimum atomic E-state index is -3.99. The molecule has 1 rings (SSSR count). The monoisotopic (exact) mass is 307 g/mol. The van der Waals surface area contributed by atoms with Crippen LogP contribution in [-0.2, 0) is 4.74 Å². The number of hydrogen-bond donors (Lipinski definition) is 0. The summed E-state index contributed by atoms with van der Waals surface area (Å²) in [5.41, 5.74) is -0.0637. The number of alkyl halides is 3. The van der Waals surface area contributed by atoms with E-state index in [2.05, 4.69) is 18.8 Å². The van der Waals surface area contributed by atoms with Crippen LogP contribution in [0.25, 0.3) is 0 Å². The first-order valence-electron chi connectivity index (χ1n) is 8.07. The minimum absolute atomic E-state index is 0.0637. The Morgan fingerprint density at radius 1 is 0.952 bits per heavy atom. The number of rotatable bonds is 10. The molecule has 0 aromatic rings. The molecular weight excluding hydrogens is 279 g/mol. The molecular formula is C16H28F3NO. The van der Waals surface area contributed by atoms with Crippen LogP contribution in [0.1, 0.15) is 78.1 Å². The summed E-state index contributed by atoms with van der Waals surface area (Å²) >= 11 is 0. The molecule has 0 N–H and O–H groups in total. The van der Waals surface area contributed by atoms with Gasteiger partial charge < -0.3 is 4.74 Å². The number of nitrogens with zero attached hydrogens (tertiary/aromatic N) is 1. The molecule has 5 heteroatoms. The lowest BCUT2D eigenvalue weighted by Crippen LogP contribution is -2.17. The molecule has 0 spiro atoms. The highest BCUT2D eigenvalue weighted by atomic mass is 19.4. The number of unbranched alkanes of at least 4 members (excludes halogenated alkanes) is 7. The molecule has 0 unspecified atom stereocenters. The Morgan fingerprint density at radius 3 is 1.95 bits per heavy atom. The summed E-state index contributed by atoms with van der Waals surface area (Å²) in [6.45, 7) is 4.82. The normalized spacial score (nSPS) is 17.7. The van der Waals surface area contributed by atoms with Crippen molar-refractivity contribution in [3.63, 3.8) is 0 Å². The molecule has 2 nitrogen and oxygen atoms in total. The van der Waals surface area contributed by atoms with Gasteiger partial charge >= 0.3 is 6.18 Å². The highest BCUT2D eigenvalue weighted by molar-refractivity contribution is 5.78. The summed E-state index contributed by atoms with van der Waals surface area (Å²) in [5.74, 6) is 0.882. The van der Waals surface area contributed by atoms with Crippen molar-refractivity contribution in [2.75, 3.05) is 6.61 Å². The molecule has 1 heterocycles. The third-order valence-corrected chi connectivity index (χ3v) is 3.62. The van der Waals surface area contributed by atoms with Crippen LogP contribution >= 0.6 is 0 Å². The Morgan fingerprint density at radius 2 is 1.48 bits per heavy atom. The quantitative estimate of drug-likeness (QED) is 0.477. The number of halogens is 3. The van der Waals surface area contributed by atoms with Crippen LogP contribution in [0, 0.1) is 0 Å². The van der Waals surface area contributed by atoms with Gasteiger partial charge in [-0.1, -0.05) is 38.5 Å². The highest BCUT2D eigenvalue weighted by Crippen LogP contribution is 2.23. The number of hydrogen-bond acceptors (Lipinski definition) is 2. The lowest BCUT2D eigenvalue weighted by atomic mass is 10.1. The van der Waals surface area contributed by atoms with Gasteiger partial charge in [-0.05, 0) is 26.7 Å². The summed E-state index contributed by atoms with van der Waals surface area (Å²) < 4.78 is 41.3. The number of ether oxygens (including phenoxy) is 1. The number of aliphatic imine (C=N–C) groups is 1. The average molecular weight is 307 g/mol. The molecule has 0 amide bonds. The van der Waals surface area contributed by atoms with Crippen molar-refractivity contribution in [1.29, 1.82) is 0 Å². The third-order valence-electron chi connectivity index (χ3n) is 3.62. The average Bonchev–Trinajstić information content (AvgIpc) is 2.70. The van der Waals surface area contributed by atoms with Gasteiger partial charge in [-0.2, -0.15) is 13.2 Å². The van der Waals surface area contributed by atoms with Crippen molar-refractivity contribution in [3.8, 4) is 0 Å². The standard InChI is InChI=1S/C16H28F3NO/c1-15(2)13-21-14(20-15)11-9-7-5-3-4-6-8-10-12-16(17,18)19/h3-13H2,1-2H3. The van der Waals surface area contributed by atoms with Gasteiger partial charge in [-0.25, -0.2) is 4.99 Å². The first-order chi connectivity index (χ1) is 9.79. The van der Waals surface area contributed by atoms with E-state index in [9.17, 15) is 13.2 Å². The van der Waals surface area contributed by atoms with Gasteiger partial charge in [0.15, 0.2) is 5.90 Å². The first kappa shape index (κ1) is 18.3. The maximum atomic E-state index is 11.9. The summed E-state index contributed by atoms with van der Waals surface area (Å²) in [6.07, 6.45) is 3.72. The predicted octanol–water partition coefficient (Wildman–Crippen LogP) is 5.66. The molecule has 0 saturated heterocycles. The molecule has 124 valence electrons. The lowest BCUT2D eigenvalue weighted by Gasteiger charge is -2.07. The second kappa shape index (κ2) is 8.64. The second-order valence-corrected chi connectivity index (χ2v) is 6.55. The van der Waals surface area contributed by atoms with E-state index in [0.29, 0.717) is 13.0 Å². The Hall–Kier alpha value is -0.740. The van der Waals surface area contributed by atoms with Crippen molar-refractivity contribution in [2.24, 2.45) is 4.99 Å². The molecule has 0 bridgehead atoms. The van der Waals surface area contributed by atoms with Gasteiger partial charge in [-0.3, -0.25) is 0 Å². The summed E-state index contributed by atoms with van der Waals surface area (Å²) in [6, 6.07) is 0. The zero-order chi connectivity index (χ0) is 15.8. The summed E-state index contributed by atoms with van der Waals surface area (Å²) in [7, 11) is 0. The fourth-order valence-electron chi connectivity index (χ4n) is 2.45. The molecule has 0 aromatic heterocycles. The SMILES string of the molecule is CC1(C)COC(CCCCCCCCCCC(F)(F)F)=N1. The van der Waals surface area contributed by atoms with E-state index < -0.39 is 12.6 Å². The van der Waals surface area contributed by atoms with Crippen molar-refractivity contribution in [3.05, 3.63) is 0 Å². The molecule has 0 aliphatic carbocycles. The largest absolute Gasteiger partial charge is 0.478 e. The van der Waals surface area contributed by atoms with E-state index in [1.807, 2.05) is 0 Å². The maximum Gasteiger partial charge on any atom is 0.389 e. The van der Waals surface area contributed by atoms with Gasteiger partial charge in [0.1, 0.15) is 6.61 Å². The molecule has 0 aromatic carbocycles. The predicted molar refractivity (Wildman–Crippen MR) is 79.7 cm³/mol. The van der Waals surface area contributed by atoms with E-state index in [-0.39, 0.29) is 12.0 Å². The molecule has 0 fully saturated rings. The maximum absolute atomic E-state index is 11.9. The van der Waals surface area contributed by atoms with Crippen LogP contribution in [-0.4, -0.2) is 24.2 Å². The van der Waals surface area contributed by atoms with Crippen LogP contribution in [0.5, 0.6) is 0 Å². The Balaban J connectivity index is 1.85. The van der Waals surface area contributed by atoms with Crippen molar-refractivity contribution in [1.82, 2.24) is 0 Å². The zero-order valence-corrected chi connectivity index (χ0v) is 13.3. The Kier molecular flexibility index (Phi) is 7.53. The van der Waals surface area contributed by atoms with E-state index in [4.69, 9.17) is 4.74 Å².